The fourth-order valence-electron chi connectivity index (χ4n) is 2.20. The molecule has 16 heavy (non-hydrogen) atoms. The summed E-state index contributed by atoms with van der Waals surface area (Å²) in [5.74, 6) is -0.202. The number of halogens is 1. The summed E-state index contributed by atoms with van der Waals surface area (Å²) in [5, 5.41) is 12.5. The van der Waals surface area contributed by atoms with Crippen LogP contribution < -0.4 is 10.2 Å². The number of rotatable bonds is 3. The Bertz CT molecular complexity index is 366. The van der Waals surface area contributed by atoms with Gasteiger partial charge in [-0.1, -0.05) is 12.1 Å². The minimum absolute atomic E-state index is 0.0778. The smallest absolute Gasteiger partial charge is 0.146 e. The van der Waals surface area contributed by atoms with E-state index in [0.29, 0.717) is 12.2 Å². The van der Waals surface area contributed by atoms with Crippen molar-refractivity contribution in [3.05, 3.63) is 30.1 Å². The first-order chi connectivity index (χ1) is 7.71. The highest BCUT2D eigenvalue weighted by molar-refractivity contribution is 5.49. The van der Waals surface area contributed by atoms with E-state index in [1.807, 2.05) is 18.0 Å². The molecule has 1 fully saturated rings. The van der Waals surface area contributed by atoms with Gasteiger partial charge >= 0.3 is 0 Å². The van der Waals surface area contributed by atoms with Crippen LogP contribution >= 0.6 is 0 Å². The van der Waals surface area contributed by atoms with E-state index in [9.17, 15) is 9.50 Å². The van der Waals surface area contributed by atoms with Crippen molar-refractivity contribution in [2.24, 2.45) is 0 Å². The Morgan fingerprint density at radius 3 is 2.81 bits per heavy atom. The molecule has 3 nitrogen and oxygen atoms in total. The maximum Gasteiger partial charge on any atom is 0.146 e. The van der Waals surface area contributed by atoms with Crippen LogP contribution in [0.15, 0.2) is 24.3 Å². The first-order valence-corrected chi connectivity index (χ1v) is 5.50. The van der Waals surface area contributed by atoms with Gasteiger partial charge in [-0.05, 0) is 25.6 Å². The summed E-state index contributed by atoms with van der Waals surface area (Å²) in [6.45, 7) is 1.48. The highest BCUT2D eigenvalue weighted by Crippen LogP contribution is 2.28. The second kappa shape index (κ2) is 4.39. The molecule has 0 bridgehead atoms. The van der Waals surface area contributed by atoms with Crippen LogP contribution in [0.2, 0.25) is 0 Å². The van der Waals surface area contributed by atoms with Crippen molar-refractivity contribution in [1.29, 1.82) is 0 Å². The second-order valence-corrected chi connectivity index (χ2v) is 4.31. The van der Waals surface area contributed by atoms with Crippen LogP contribution in [0, 0.1) is 5.82 Å². The van der Waals surface area contributed by atoms with E-state index in [1.165, 1.54) is 6.07 Å². The maximum absolute atomic E-state index is 13.6. The number of anilines is 1. The van der Waals surface area contributed by atoms with Gasteiger partial charge in [0.15, 0.2) is 0 Å². The van der Waals surface area contributed by atoms with E-state index < -0.39 is 0 Å². The number of hydrogen-bond acceptors (Lipinski definition) is 3. The van der Waals surface area contributed by atoms with Gasteiger partial charge in [-0.15, -0.1) is 0 Å². The lowest BCUT2D eigenvalue weighted by Gasteiger charge is -2.27. The molecule has 2 N–H and O–H groups in total. The van der Waals surface area contributed by atoms with Crippen molar-refractivity contribution in [3.8, 4) is 0 Å². The lowest BCUT2D eigenvalue weighted by Crippen LogP contribution is -2.48. The average Bonchev–Trinajstić information content (AvgIpc) is 2.75. The number of aliphatic hydroxyl groups excluding tert-OH is 1. The van der Waals surface area contributed by atoms with Crippen molar-refractivity contribution in [2.75, 3.05) is 31.6 Å². The number of benzene rings is 1. The average molecular weight is 224 g/mol. The molecular weight excluding hydrogens is 207 g/mol. The zero-order valence-electron chi connectivity index (χ0n) is 9.41. The van der Waals surface area contributed by atoms with Gasteiger partial charge < -0.3 is 15.3 Å². The zero-order chi connectivity index (χ0) is 11.6. The number of nitrogens with one attached hydrogen (secondary N) is 1. The molecule has 0 saturated carbocycles. The van der Waals surface area contributed by atoms with Gasteiger partial charge in [-0.2, -0.15) is 0 Å². The third-order valence-corrected chi connectivity index (χ3v) is 3.38. The molecule has 1 saturated heterocycles. The predicted molar refractivity (Wildman–Crippen MR) is 62.1 cm³/mol. The van der Waals surface area contributed by atoms with Gasteiger partial charge in [0.1, 0.15) is 5.82 Å². The number of para-hydroxylation sites is 1. The Kier molecular flexibility index (Phi) is 3.12. The van der Waals surface area contributed by atoms with Crippen LogP contribution in [-0.4, -0.2) is 37.4 Å². The molecule has 2 rings (SSSR count). The van der Waals surface area contributed by atoms with Crippen molar-refractivity contribution < 1.29 is 9.50 Å². The number of likely N-dealkylation sites (N-methyl/N-ethyl adjacent to an activating group) is 1. The minimum atomic E-state index is -0.289. The monoisotopic (exact) mass is 224 g/mol. The topological polar surface area (TPSA) is 35.5 Å². The maximum atomic E-state index is 13.6. The largest absolute Gasteiger partial charge is 0.394 e. The Labute approximate surface area is 94.9 Å². The molecular formula is C12H17FN2O. The first-order valence-electron chi connectivity index (χ1n) is 5.50. The fraction of sp³-hybridized carbons (Fsp3) is 0.500. The zero-order valence-corrected chi connectivity index (χ0v) is 9.41. The van der Waals surface area contributed by atoms with Crippen LogP contribution in [0.25, 0.3) is 0 Å². The van der Waals surface area contributed by atoms with Crippen LogP contribution in [0.4, 0.5) is 10.1 Å². The summed E-state index contributed by atoms with van der Waals surface area (Å²) in [7, 11) is 1.83. The second-order valence-electron chi connectivity index (χ2n) is 4.31. The Balaban J connectivity index is 2.18. The third kappa shape index (κ3) is 1.90. The van der Waals surface area contributed by atoms with Gasteiger partial charge in [0.2, 0.25) is 0 Å². The number of nitrogens with zero attached hydrogens (tertiary/aromatic N) is 1. The van der Waals surface area contributed by atoms with E-state index in [-0.39, 0.29) is 18.0 Å². The number of hydrogen-bond donors (Lipinski definition) is 2. The van der Waals surface area contributed by atoms with Gasteiger partial charge in [0.25, 0.3) is 0 Å². The highest BCUT2D eigenvalue weighted by atomic mass is 19.1. The Morgan fingerprint density at radius 1 is 1.50 bits per heavy atom. The van der Waals surface area contributed by atoms with Crippen LogP contribution in [0.1, 0.15) is 6.42 Å². The summed E-state index contributed by atoms with van der Waals surface area (Å²) in [5.41, 5.74) is 0.329. The summed E-state index contributed by atoms with van der Waals surface area (Å²) in [4.78, 5) is 1.97. The van der Waals surface area contributed by atoms with Crippen LogP contribution in [-0.2, 0) is 0 Å². The summed E-state index contributed by atoms with van der Waals surface area (Å²) in [6.07, 6.45) is 0.828. The van der Waals surface area contributed by atoms with Gasteiger partial charge in [-0.25, -0.2) is 4.39 Å². The SMILES string of the molecule is CNC1(CO)CCN(c2ccccc2F)C1. The molecule has 4 heteroatoms. The highest BCUT2D eigenvalue weighted by Gasteiger charge is 2.36. The van der Waals surface area contributed by atoms with E-state index >= 15 is 0 Å². The Morgan fingerprint density at radius 2 is 2.25 bits per heavy atom. The van der Waals surface area contributed by atoms with Crippen molar-refractivity contribution in [2.45, 2.75) is 12.0 Å². The standard InChI is InChI=1S/C12H17FN2O/c1-14-12(9-16)6-7-15(8-12)11-5-3-2-4-10(11)13/h2-5,14,16H,6-9H2,1H3. The molecule has 1 atom stereocenters. The molecule has 88 valence electrons. The van der Waals surface area contributed by atoms with E-state index in [1.54, 1.807) is 12.1 Å². The predicted octanol–water partition coefficient (Wildman–Crippen LogP) is 0.986. The molecule has 1 heterocycles. The lowest BCUT2D eigenvalue weighted by atomic mass is 10.0. The summed E-state index contributed by atoms with van der Waals surface area (Å²) in [6, 6.07) is 6.76. The molecule has 1 aliphatic rings. The van der Waals surface area contributed by atoms with Crippen LogP contribution in [0.5, 0.6) is 0 Å². The van der Waals surface area contributed by atoms with Crippen LogP contribution in [0.3, 0.4) is 0 Å². The van der Waals surface area contributed by atoms with Crippen molar-refractivity contribution in [1.82, 2.24) is 5.32 Å². The van der Waals surface area contributed by atoms with E-state index in [0.717, 1.165) is 13.0 Å². The normalized spacial score (nSPS) is 25.1. The molecule has 1 aromatic rings. The molecule has 0 aliphatic carbocycles. The lowest BCUT2D eigenvalue weighted by molar-refractivity contribution is 0.184. The van der Waals surface area contributed by atoms with Gasteiger partial charge in [0, 0.05) is 13.1 Å². The molecule has 1 aliphatic heterocycles. The fourth-order valence-corrected chi connectivity index (χ4v) is 2.20. The van der Waals surface area contributed by atoms with Crippen molar-refractivity contribution >= 4 is 5.69 Å². The molecule has 1 aromatic carbocycles. The molecule has 0 radical (unpaired) electrons. The Hall–Kier alpha value is -1.13. The van der Waals surface area contributed by atoms with E-state index in [2.05, 4.69) is 5.32 Å². The quantitative estimate of drug-likeness (QED) is 0.803. The summed E-state index contributed by atoms with van der Waals surface area (Å²) >= 11 is 0. The number of aliphatic hydroxyl groups is 1. The first kappa shape index (κ1) is 11.4. The third-order valence-electron chi connectivity index (χ3n) is 3.38. The van der Waals surface area contributed by atoms with Gasteiger partial charge in [0.05, 0.1) is 17.8 Å². The molecule has 0 aromatic heterocycles. The van der Waals surface area contributed by atoms with Gasteiger partial charge in [-0.3, -0.25) is 0 Å². The molecule has 0 spiro atoms. The van der Waals surface area contributed by atoms with E-state index in [4.69, 9.17) is 0 Å². The minimum Gasteiger partial charge on any atom is -0.394 e. The summed E-state index contributed by atoms with van der Waals surface area (Å²) < 4.78 is 13.6. The van der Waals surface area contributed by atoms with Crippen molar-refractivity contribution in [3.63, 3.8) is 0 Å². The molecule has 1 unspecified atom stereocenters. The molecule has 0 amide bonds.